The van der Waals surface area contributed by atoms with Crippen LogP contribution in [-0.4, -0.2) is 46.8 Å². The Bertz CT molecular complexity index is 1060. The van der Waals surface area contributed by atoms with Crippen LogP contribution in [0.25, 0.3) is 11.1 Å². The lowest BCUT2D eigenvalue weighted by Gasteiger charge is -2.41. The van der Waals surface area contributed by atoms with Crippen molar-refractivity contribution in [3.05, 3.63) is 84.4 Å². The Hall–Kier alpha value is -3.54. The summed E-state index contributed by atoms with van der Waals surface area (Å²) >= 11 is 0. The summed E-state index contributed by atoms with van der Waals surface area (Å²) in [6.07, 6.45) is 7.24. The molecule has 1 aromatic carbocycles. The van der Waals surface area contributed by atoms with Gasteiger partial charge in [0.2, 0.25) is 5.91 Å². The topological polar surface area (TPSA) is 75.2 Å². The van der Waals surface area contributed by atoms with Gasteiger partial charge in [-0.1, -0.05) is 30.3 Å². The van der Waals surface area contributed by atoms with E-state index in [2.05, 4.69) is 33.5 Å². The number of likely N-dealkylation sites (tertiary alicyclic amines) is 1. The number of pyridine rings is 2. The van der Waals surface area contributed by atoms with Gasteiger partial charge in [0, 0.05) is 38.7 Å². The number of nitrogens with one attached hydrogen (secondary N) is 1. The largest absolute Gasteiger partial charge is 0.359 e. The van der Waals surface area contributed by atoms with Crippen LogP contribution in [0.5, 0.6) is 0 Å². The molecule has 31 heavy (non-hydrogen) atoms. The summed E-state index contributed by atoms with van der Waals surface area (Å²) < 4.78 is 0. The zero-order chi connectivity index (χ0) is 21.7. The molecule has 3 aromatic rings. The first-order valence-electron chi connectivity index (χ1n) is 10.5. The predicted octanol–water partition coefficient (Wildman–Crippen LogP) is 3.35. The molecule has 0 radical (unpaired) electrons. The van der Waals surface area contributed by atoms with Crippen LogP contribution in [0, 0.1) is 5.41 Å². The van der Waals surface area contributed by atoms with E-state index in [1.807, 2.05) is 18.2 Å². The van der Waals surface area contributed by atoms with E-state index in [9.17, 15) is 9.59 Å². The fourth-order valence-electron chi connectivity index (χ4n) is 4.43. The van der Waals surface area contributed by atoms with Crippen LogP contribution in [-0.2, 0) is 11.2 Å². The number of carbonyl (C=O) groups excluding carboxylic acids is 2. The van der Waals surface area contributed by atoms with Crippen molar-refractivity contribution < 1.29 is 9.59 Å². The lowest BCUT2D eigenvalue weighted by molar-refractivity contribution is -0.133. The van der Waals surface area contributed by atoms with Crippen molar-refractivity contribution in [2.75, 3.05) is 20.1 Å². The number of hydrogen-bond acceptors (Lipinski definition) is 4. The quantitative estimate of drug-likeness (QED) is 0.695. The number of rotatable bonds is 5. The van der Waals surface area contributed by atoms with Gasteiger partial charge in [-0.05, 0) is 60.2 Å². The number of amides is 2. The third kappa shape index (κ3) is 4.48. The minimum absolute atomic E-state index is 0.0275. The molecule has 1 fully saturated rings. The van der Waals surface area contributed by atoms with Crippen molar-refractivity contribution in [3.8, 4) is 11.1 Å². The van der Waals surface area contributed by atoms with Gasteiger partial charge in [0.1, 0.15) is 5.69 Å². The lowest BCUT2D eigenvalue weighted by atomic mass is 9.74. The highest BCUT2D eigenvalue weighted by Gasteiger charge is 2.43. The molecule has 0 unspecified atom stereocenters. The molecule has 0 aliphatic carbocycles. The Morgan fingerprint density at radius 1 is 1.03 bits per heavy atom. The molecule has 6 nitrogen and oxygen atoms in total. The van der Waals surface area contributed by atoms with Crippen LogP contribution in [0.3, 0.4) is 0 Å². The average molecular weight is 415 g/mol. The summed E-state index contributed by atoms with van der Waals surface area (Å²) in [5.74, 6) is -0.153. The number of benzene rings is 1. The van der Waals surface area contributed by atoms with Crippen LogP contribution in [0.1, 0.15) is 28.9 Å². The van der Waals surface area contributed by atoms with Gasteiger partial charge in [-0.25, -0.2) is 0 Å². The normalized spacial score (nSPS) is 18.4. The maximum absolute atomic E-state index is 13.1. The molecule has 1 atom stereocenters. The first kappa shape index (κ1) is 20.7. The lowest BCUT2D eigenvalue weighted by Crippen LogP contribution is -2.54. The van der Waals surface area contributed by atoms with E-state index in [4.69, 9.17) is 0 Å². The van der Waals surface area contributed by atoms with Crippen molar-refractivity contribution in [1.82, 2.24) is 20.2 Å². The standard InChI is InChI=1S/C25H26N4O2/c1-26-24(31)25(11-5-15-29(18-25)23(30)22-8-2-3-12-28-22)17-19-6-4-7-21(16-19)20-9-13-27-14-10-20/h2-4,6-10,12-14,16H,5,11,15,17-18H2,1H3,(H,26,31)/t25-/m0/s1. The molecular weight excluding hydrogens is 388 g/mol. The van der Waals surface area contributed by atoms with E-state index in [1.54, 1.807) is 48.7 Å². The first-order valence-corrected chi connectivity index (χ1v) is 10.5. The Kier molecular flexibility index (Phi) is 6.07. The Morgan fingerprint density at radius 2 is 1.87 bits per heavy atom. The molecule has 1 saturated heterocycles. The SMILES string of the molecule is CNC(=O)[C@]1(Cc2cccc(-c3ccncc3)c2)CCCN(C(=O)c2ccccn2)C1. The average Bonchev–Trinajstić information content (AvgIpc) is 2.84. The summed E-state index contributed by atoms with van der Waals surface area (Å²) in [6.45, 7) is 1.01. The summed E-state index contributed by atoms with van der Waals surface area (Å²) in [7, 11) is 1.66. The highest BCUT2D eigenvalue weighted by Crippen LogP contribution is 2.35. The predicted molar refractivity (Wildman–Crippen MR) is 119 cm³/mol. The summed E-state index contributed by atoms with van der Waals surface area (Å²) in [4.78, 5) is 36.2. The van der Waals surface area contributed by atoms with Crippen molar-refractivity contribution in [2.45, 2.75) is 19.3 Å². The van der Waals surface area contributed by atoms with Crippen LogP contribution in [0.15, 0.2) is 73.2 Å². The molecule has 0 saturated carbocycles. The van der Waals surface area contributed by atoms with E-state index in [1.165, 1.54) is 0 Å². The number of aromatic nitrogens is 2. The molecule has 1 aliphatic rings. The van der Waals surface area contributed by atoms with Gasteiger partial charge in [0.25, 0.3) is 5.91 Å². The molecule has 3 heterocycles. The highest BCUT2D eigenvalue weighted by molar-refractivity contribution is 5.93. The minimum atomic E-state index is -0.672. The second-order valence-corrected chi connectivity index (χ2v) is 8.02. The smallest absolute Gasteiger partial charge is 0.272 e. The van der Waals surface area contributed by atoms with Crippen molar-refractivity contribution in [3.63, 3.8) is 0 Å². The van der Waals surface area contributed by atoms with E-state index >= 15 is 0 Å². The Morgan fingerprint density at radius 3 is 2.61 bits per heavy atom. The van der Waals surface area contributed by atoms with Gasteiger partial charge in [-0.3, -0.25) is 19.6 Å². The van der Waals surface area contributed by atoms with Crippen molar-refractivity contribution >= 4 is 11.8 Å². The van der Waals surface area contributed by atoms with Crippen LogP contribution >= 0.6 is 0 Å². The van der Waals surface area contributed by atoms with E-state index in [0.29, 0.717) is 25.2 Å². The molecule has 158 valence electrons. The third-order valence-corrected chi connectivity index (χ3v) is 5.94. The third-order valence-electron chi connectivity index (χ3n) is 5.94. The number of hydrogen-bond donors (Lipinski definition) is 1. The zero-order valence-corrected chi connectivity index (χ0v) is 17.6. The number of nitrogens with zero attached hydrogens (tertiary/aromatic N) is 3. The van der Waals surface area contributed by atoms with Gasteiger partial charge >= 0.3 is 0 Å². The first-order chi connectivity index (χ1) is 15.1. The van der Waals surface area contributed by atoms with Crippen LogP contribution < -0.4 is 5.32 Å². The number of piperidine rings is 1. The second-order valence-electron chi connectivity index (χ2n) is 8.02. The molecule has 1 aliphatic heterocycles. The minimum Gasteiger partial charge on any atom is -0.359 e. The molecule has 1 N–H and O–H groups in total. The highest BCUT2D eigenvalue weighted by atomic mass is 16.2. The van der Waals surface area contributed by atoms with Crippen molar-refractivity contribution in [2.24, 2.45) is 5.41 Å². The van der Waals surface area contributed by atoms with Gasteiger partial charge in [0.15, 0.2) is 0 Å². The molecule has 4 rings (SSSR count). The molecular formula is C25H26N4O2. The maximum Gasteiger partial charge on any atom is 0.272 e. The summed E-state index contributed by atoms with van der Waals surface area (Å²) in [5, 5.41) is 2.84. The van der Waals surface area contributed by atoms with E-state index in [-0.39, 0.29) is 11.8 Å². The van der Waals surface area contributed by atoms with Gasteiger partial charge in [0.05, 0.1) is 5.41 Å². The van der Waals surface area contributed by atoms with Gasteiger partial charge < -0.3 is 10.2 Å². The fourth-order valence-corrected chi connectivity index (χ4v) is 4.43. The fraction of sp³-hybridized carbons (Fsp3) is 0.280. The summed E-state index contributed by atoms with van der Waals surface area (Å²) in [6, 6.07) is 17.5. The molecule has 6 heteroatoms. The van der Waals surface area contributed by atoms with Crippen LogP contribution in [0.2, 0.25) is 0 Å². The Labute approximate surface area is 182 Å². The summed E-state index contributed by atoms with van der Waals surface area (Å²) in [5.41, 5.74) is 2.99. The maximum atomic E-state index is 13.1. The number of carbonyl (C=O) groups is 2. The van der Waals surface area contributed by atoms with Gasteiger partial charge in [-0.15, -0.1) is 0 Å². The monoisotopic (exact) mass is 414 g/mol. The Balaban J connectivity index is 1.61. The zero-order valence-electron chi connectivity index (χ0n) is 17.6. The molecule has 0 bridgehead atoms. The van der Waals surface area contributed by atoms with E-state index in [0.717, 1.165) is 29.5 Å². The molecule has 2 amide bonds. The van der Waals surface area contributed by atoms with Crippen LogP contribution in [0.4, 0.5) is 0 Å². The molecule has 2 aromatic heterocycles. The molecule has 0 spiro atoms. The second kappa shape index (κ2) is 9.08. The van der Waals surface area contributed by atoms with E-state index < -0.39 is 5.41 Å². The van der Waals surface area contributed by atoms with Crippen molar-refractivity contribution in [1.29, 1.82) is 0 Å². The van der Waals surface area contributed by atoms with Gasteiger partial charge in [-0.2, -0.15) is 0 Å².